The highest BCUT2D eigenvalue weighted by molar-refractivity contribution is 4.94. The first-order valence-electron chi connectivity index (χ1n) is 5.43. The molecule has 2 aliphatic rings. The number of β-amino-alcohol motifs (C(OH)–C–C–N with tert-alkyl or cyclic N) is 1. The predicted octanol–water partition coefficient (Wildman–Crippen LogP) is 0.194. The first-order valence-corrected chi connectivity index (χ1v) is 5.43. The zero-order chi connectivity index (χ0) is 9.26. The van der Waals surface area contributed by atoms with Gasteiger partial charge in [0.15, 0.2) is 0 Å². The summed E-state index contributed by atoms with van der Waals surface area (Å²) in [6, 6.07) is 1.40. The second-order valence-corrected chi connectivity index (χ2v) is 4.40. The molecule has 0 saturated carbocycles. The Bertz CT molecular complexity index is 172. The average molecular weight is 184 g/mol. The maximum Gasteiger partial charge on any atom is 0.0639 e. The monoisotopic (exact) mass is 184 g/mol. The zero-order valence-electron chi connectivity index (χ0n) is 8.37. The Labute approximate surface area is 80.1 Å². The number of hydrogen-bond acceptors (Lipinski definition) is 3. The third-order valence-corrected chi connectivity index (χ3v) is 3.24. The van der Waals surface area contributed by atoms with E-state index in [9.17, 15) is 5.11 Å². The van der Waals surface area contributed by atoms with E-state index in [1.807, 2.05) is 6.92 Å². The largest absolute Gasteiger partial charge is 0.392 e. The van der Waals surface area contributed by atoms with E-state index in [0.29, 0.717) is 12.1 Å². The van der Waals surface area contributed by atoms with E-state index in [1.54, 1.807) is 0 Å². The molecule has 0 spiro atoms. The molecule has 3 nitrogen and oxygen atoms in total. The number of aliphatic hydroxyl groups excluding tert-OH is 1. The molecule has 0 aliphatic carbocycles. The van der Waals surface area contributed by atoms with Crippen molar-refractivity contribution in [3.05, 3.63) is 0 Å². The fourth-order valence-electron chi connectivity index (χ4n) is 2.73. The molecular formula is C10H20N2O. The van der Waals surface area contributed by atoms with Gasteiger partial charge in [-0.3, -0.25) is 4.90 Å². The highest BCUT2D eigenvalue weighted by Crippen LogP contribution is 2.24. The molecule has 0 aromatic rings. The Morgan fingerprint density at radius 1 is 1.54 bits per heavy atom. The molecule has 2 N–H and O–H groups in total. The molecule has 0 aromatic carbocycles. The van der Waals surface area contributed by atoms with Crippen LogP contribution in [0.2, 0.25) is 0 Å². The minimum absolute atomic E-state index is 0.181. The standard InChI is InChI=1S/C10H20N2O/c1-8(13)7-12-6-2-3-9-10(12)4-5-11-9/h8-11,13H,2-7H2,1H3/t8-,9?,10?/m1/s1. The maximum atomic E-state index is 9.36. The van der Waals surface area contributed by atoms with Gasteiger partial charge in [-0.1, -0.05) is 0 Å². The second-order valence-electron chi connectivity index (χ2n) is 4.40. The fraction of sp³-hybridized carbons (Fsp3) is 1.00. The van der Waals surface area contributed by atoms with E-state index in [-0.39, 0.29) is 6.10 Å². The third-order valence-electron chi connectivity index (χ3n) is 3.24. The fourth-order valence-corrected chi connectivity index (χ4v) is 2.73. The van der Waals surface area contributed by atoms with E-state index in [2.05, 4.69) is 10.2 Å². The van der Waals surface area contributed by atoms with Crippen LogP contribution in [0.4, 0.5) is 0 Å². The van der Waals surface area contributed by atoms with Crippen LogP contribution in [-0.4, -0.2) is 47.8 Å². The Kier molecular flexibility index (Phi) is 2.86. The van der Waals surface area contributed by atoms with Gasteiger partial charge < -0.3 is 10.4 Å². The molecule has 0 aromatic heterocycles. The Morgan fingerprint density at radius 3 is 3.15 bits per heavy atom. The molecule has 2 unspecified atom stereocenters. The van der Waals surface area contributed by atoms with Crippen molar-refractivity contribution in [2.75, 3.05) is 19.6 Å². The van der Waals surface area contributed by atoms with Gasteiger partial charge in [-0.05, 0) is 39.3 Å². The Balaban J connectivity index is 1.93. The predicted molar refractivity (Wildman–Crippen MR) is 52.7 cm³/mol. The number of fused-ring (bicyclic) bond motifs is 1. The number of hydrogen-bond donors (Lipinski definition) is 2. The number of likely N-dealkylation sites (tertiary alicyclic amines) is 1. The topological polar surface area (TPSA) is 35.5 Å². The second kappa shape index (κ2) is 3.95. The van der Waals surface area contributed by atoms with Crippen LogP contribution in [0.15, 0.2) is 0 Å². The number of nitrogens with zero attached hydrogens (tertiary/aromatic N) is 1. The normalized spacial score (nSPS) is 37.4. The molecule has 3 atom stereocenters. The van der Waals surface area contributed by atoms with Gasteiger partial charge in [-0.25, -0.2) is 0 Å². The summed E-state index contributed by atoms with van der Waals surface area (Å²) in [5.41, 5.74) is 0. The van der Waals surface area contributed by atoms with Gasteiger partial charge in [-0.15, -0.1) is 0 Å². The van der Waals surface area contributed by atoms with Gasteiger partial charge in [0, 0.05) is 18.6 Å². The number of aliphatic hydroxyl groups is 1. The van der Waals surface area contributed by atoms with Crippen molar-refractivity contribution in [3.63, 3.8) is 0 Å². The number of piperidine rings is 1. The van der Waals surface area contributed by atoms with E-state index < -0.39 is 0 Å². The van der Waals surface area contributed by atoms with Crippen LogP contribution in [0, 0.1) is 0 Å². The molecule has 13 heavy (non-hydrogen) atoms. The summed E-state index contributed by atoms with van der Waals surface area (Å²) < 4.78 is 0. The molecule has 0 bridgehead atoms. The van der Waals surface area contributed by atoms with Crippen LogP contribution in [0.3, 0.4) is 0 Å². The first kappa shape index (κ1) is 9.44. The maximum absolute atomic E-state index is 9.36. The van der Waals surface area contributed by atoms with E-state index in [1.165, 1.54) is 25.8 Å². The molecule has 2 rings (SSSR count). The summed E-state index contributed by atoms with van der Waals surface area (Å²) in [6.45, 7) is 5.06. The minimum atomic E-state index is -0.181. The molecule has 2 fully saturated rings. The van der Waals surface area contributed by atoms with Gasteiger partial charge in [0.1, 0.15) is 0 Å². The van der Waals surface area contributed by atoms with E-state index in [4.69, 9.17) is 0 Å². The molecule has 0 radical (unpaired) electrons. The number of rotatable bonds is 2. The van der Waals surface area contributed by atoms with E-state index >= 15 is 0 Å². The van der Waals surface area contributed by atoms with E-state index in [0.717, 1.165) is 13.1 Å². The smallest absolute Gasteiger partial charge is 0.0639 e. The van der Waals surface area contributed by atoms with Gasteiger partial charge in [0.05, 0.1) is 6.10 Å². The molecule has 76 valence electrons. The van der Waals surface area contributed by atoms with Gasteiger partial charge in [-0.2, -0.15) is 0 Å². The van der Waals surface area contributed by atoms with Gasteiger partial charge >= 0.3 is 0 Å². The molecule has 3 heteroatoms. The summed E-state index contributed by atoms with van der Waals surface area (Å²) in [5, 5.41) is 12.9. The van der Waals surface area contributed by atoms with Crippen molar-refractivity contribution in [2.45, 2.75) is 44.4 Å². The van der Waals surface area contributed by atoms with Crippen molar-refractivity contribution in [2.24, 2.45) is 0 Å². The van der Waals surface area contributed by atoms with Crippen LogP contribution < -0.4 is 5.32 Å². The summed E-state index contributed by atoms with van der Waals surface area (Å²) in [4.78, 5) is 2.46. The summed E-state index contributed by atoms with van der Waals surface area (Å²) in [5.74, 6) is 0. The van der Waals surface area contributed by atoms with Crippen LogP contribution in [-0.2, 0) is 0 Å². The Morgan fingerprint density at radius 2 is 2.38 bits per heavy atom. The molecular weight excluding hydrogens is 164 g/mol. The Hall–Kier alpha value is -0.120. The number of nitrogens with one attached hydrogen (secondary N) is 1. The minimum Gasteiger partial charge on any atom is -0.392 e. The van der Waals surface area contributed by atoms with Crippen LogP contribution in [0.25, 0.3) is 0 Å². The first-order chi connectivity index (χ1) is 6.27. The summed E-state index contributed by atoms with van der Waals surface area (Å²) in [6.07, 6.45) is 3.68. The lowest BCUT2D eigenvalue weighted by Crippen LogP contribution is -2.50. The highest BCUT2D eigenvalue weighted by Gasteiger charge is 2.34. The molecule has 2 saturated heterocycles. The van der Waals surface area contributed by atoms with Crippen molar-refractivity contribution < 1.29 is 5.11 Å². The lowest BCUT2D eigenvalue weighted by atomic mass is 9.97. The highest BCUT2D eigenvalue weighted by atomic mass is 16.3. The SMILES string of the molecule is C[C@@H](O)CN1CCCC2NCCC21. The third kappa shape index (κ3) is 2.03. The zero-order valence-corrected chi connectivity index (χ0v) is 8.37. The van der Waals surface area contributed by atoms with Crippen molar-refractivity contribution in [3.8, 4) is 0 Å². The lowest BCUT2D eigenvalue weighted by molar-refractivity contribution is 0.0726. The van der Waals surface area contributed by atoms with Crippen molar-refractivity contribution in [1.29, 1.82) is 0 Å². The van der Waals surface area contributed by atoms with Gasteiger partial charge in [0.25, 0.3) is 0 Å². The lowest BCUT2D eigenvalue weighted by Gasteiger charge is -2.37. The molecule has 2 aliphatic heterocycles. The van der Waals surface area contributed by atoms with Crippen LogP contribution in [0.5, 0.6) is 0 Å². The van der Waals surface area contributed by atoms with Crippen molar-refractivity contribution in [1.82, 2.24) is 10.2 Å². The summed E-state index contributed by atoms with van der Waals surface area (Å²) >= 11 is 0. The molecule has 0 amide bonds. The van der Waals surface area contributed by atoms with Crippen LogP contribution in [0.1, 0.15) is 26.2 Å². The van der Waals surface area contributed by atoms with Gasteiger partial charge in [0.2, 0.25) is 0 Å². The average Bonchev–Trinajstić information content (AvgIpc) is 2.51. The quantitative estimate of drug-likeness (QED) is 0.643. The van der Waals surface area contributed by atoms with Crippen molar-refractivity contribution >= 4 is 0 Å². The summed E-state index contributed by atoms with van der Waals surface area (Å²) in [7, 11) is 0. The molecule has 2 heterocycles. The van der Waals surface area contributed by atoms with Crippen LogP contribution >= 0.6 is 0 Å².